The highest BCUT2D eigenvalue weighted by Gasteiger charge is 2.66. The zero-order chi connectivity index (χ0) is 19.7. The van der Waals surface area contributed by atoms with Crippen LogP contribution in [0.4, 0.5) is 0 Å². The van der Waals surface area contributed by atoms with E-state index in [1.165, 1.54) is 42.4 Å². The van der Waals surface area contributed by atoms with Crippen LogP contribution in [0.25, 0.3) is 0 Å². The van der Waals surface area contributed by atoms with Gasteiger partial charge in [-0.15, -0.1) is 0 Å². The summed E-state index contributed by atoms with van der Waals surface area (Å²) in [6, 6.07) is 4.25. The normalized spacial score (nSPS) is 42.6. The van der Waals surface area contributed by atoms with E-state index >= 15 is 0 Å². The summed E-state index contributed by atoms with van der Waals surface area (Å²) in [6.45, 7) is 2.53. The number of Topliss-reactive ketones (excluding diaryl/α,β-unsaturated/α-hetero) is 1. The van der Waals surface area contributed by atoms with Crippen molar-refractivity contribution >= 4 is 5.78 Å². The maximum absolute atomic E-state index is 12.3. The topological polar surface area (TPSA) is 39.2 Å². The van der Waals surface area contributed by atoms with Gasteiger partial charge in [-0.2, -0.15) is 0 Å². The lowest BCUT2D eigenvalue weighted by Crippen LogP contribution is -2.54. The van der Waals surface area contributed by atoms with E-state index in [9.17, 15) is 4.79 Å². The fourth-order valence-corrected chi connectivity index (χ4v) is 7.68. The molecular weight excluding hydrogens is 358 g/mol. The monoisotopic (exact) mass is 389 g/mol. The number of pyridine rings is 1. The first-order chi connectivity index (χ1) is 14.0. The van der Waals surface area contributed by atoms with E-state index in [-0.39, 0.29) is 11.2 Å². The molecule has 1 aromatic rings. The van der Waals surface area contributed by atoms with Gasteiger partial charge in [-0.05, 0) is 91.4 Å². The van der Waals surface area contributed by atoms with Crippen molar-refractivity contribution in [1.82, 2.24) is 4.98 Å². The Morgan fingerprint density at radius 3 is 3.03 bits per heavy atom. The van der Waals surface area contributed by atoms with E-state index in [4.69, 9.17) is 4.74 Å². The van der Waals surface area contributed by atoms with E-state index < -0.39 is 0 Å². The Morgan fingerprint density at radius 1 is 1.24 bits per heavy atom. The van der Waals surface area contributed by atoms with Gasteiger partial charge in [0.15, 0.2) is 0 Å². The second-order valence-electron chi connectivity index (χ2n) is 10.5. The number of rotatable bonds is 3. The van der Waals surface area contributed by atoms with Gasteiger partial charge in [-0.25, -0.2) is 0 Å². The lowest BCUT2D eigenvalue weighted by molar-refractivity contribution is -0.148. The lowest BCUT2D eigenvalue weighted by atomic mass is 9.58. The van der Waals surface area contributed by atoms with Crippen LogP contribution in [0.5, 0.6) is 0 Å². The fraction of sp³-hybridized carbons (Fsp3) is 0.615. The summed E-state index contributed by atoms with van der Waals surface area (Å²) < 4.78 is 7.07. The van der Waals surface area contributed by atoms with Crippen molar-refractivity contribution in [3.05, 3.63) is 53.4 Å². The van der Waals surface area contributed by atoms with Crippen LogP contribution >= 0.6 is 0 Å². The number of hydrogen-bond donors (Lipinski definition) is 0. The molecule has 6 rings (SSSR count). The molecule has 3 nitrogen and oxygen atoms in total. The maximum atomic E-state index is 12.3. The van der Waals surface area contributed by atoms with Crippen LogP contribution in [0.1, 0.15) is 70.3 Å². The van der Waals surface area contributed by atoms with Crippen LogP contribution < -0.4 is 0 Å². The average molecular weight is 390 g/mol. The number of carbonyl (C=O) groups is 1. The van der Waals surface area contributed by atoms with Gasteiger partial charge < -0.3 is 4.74 Å². The van der Waals surface area contributed by atoms with Crippen LogP contribution in [-0.4, -0.2) is 22.0 Å². The van der Waals surface area contributed by atoms with Crippen LogP contribution in [0.15, 0.2) is 47.8 Å². The third-order valence-corrected chi connectivity index (χ3v) is 9.20. The summed E-state index contributed by atoms with van der Waals surface area (Å²) in [7, 11) is 0. The van der Waals surface area contributed by atoms with Gasteiger partial charge in [0.2, 0.25) is 0 Å². The molecule has 29 heavy (non-hydrogen) atoms. The van der Waals surface area contributed by atoms with E-state index in [0.717, 1.165) is 31.6 Å². The molecule has 5 aliphatic rings. The number of ether oxygens (including phenoxy) is 1. The Hall–Kier alpha value is -1.74. The number of nitrogens with zero attached hydrogens (tertiary/aromatic N) is 1. The molecule has 3 heterocycles. The number of ketones is 1. The van der Waals surface area contributed by atoms with E-state index in [1.54, 1.807) is 0 Å². The lowest BCUT2D eigenvalue weighted by Gasteiger charge is -2.53. The summed E-state index contributed by atoms with van der Waals surface area (Å²) in [5.74, 6) is 1.72. The zero-order valence-corrected chi connectivity index (χ0v) is 17.5. The third kappa shape index (κ3) is 2.46. The third-order valence-electron chi connectivity index (χ3n) is 9.20. The van der Waals surface area contributed by atoms with Crippen molar-refractivity contribution in [2.24, 2.45) is 17.3 Å². The number of aryl methyl sites for hydroxylation is 1. The van der Waals surface area contributed by atoms with E-state index in [0.29, 0.717) is 30.0 Å². The van der Waals surface area contributed by atoms with Gasteiger partial charge >= 0.3 is 0 Å². The SMILES string of the molecule is C[C@]12CC=C3C=C4CCC(=O)C[C@]45CC[C@]3(O5)[C@@H]1CC[C@@H]2CCc1cccnc1. The molecule has 2 bridgehead atoms. The highest BCUT2D eigenvalue weighted by Crippen LogP contribution is 2.67. The molecule has 3 heteroatoms. The summed E-state index contributed by atoms with van der Waals surface area (Å²) in [5, 5.41) is 0. The van der Waals surface area contributed by atoms with Crippen molar-refractivity contribution in [1.29, 1.82) is 0 Å². The molecule has 1 saturated heterocycles. The molecule has 0 radical (unpaired) electrons. The van der Waals surface area contributed by atoms with Crippen LogP contribution in [0.3, 0.4) is 0 Å². The first-order valence-corrected chi connectivity index (χ1v) is 11.6. The molecule has 0 N–H and O–H groups in total. The molecule has 2 spiro atoms. The van der Waals surface area contributed by atoms with Gasteiger partial charge in [0.05, 0.1) is 11.2 Å². The van der Waals surface area contributed by atoms with Crippen molar-refractivity contribution in [3.8, 4) is 0 Å². The number of fused-ring (bicyclic) bond motifs is 1. The van der Waals surface area contributed by atoms with Gasteiger partial charge in [0.25, 0.3) is 0 Å². The smallest absolute Gasteiger partial charge is 0.136 e. The molecule has 2 aliphatic heterocycles. The predicted octanol–water partition coefficient (Wildman–Crippen LogP) is 5.36. The minimum atomic E-state index is -0.265. The Morgan fingerprint density at radius 2 is 2.17 bits per heavy atom. The average Bonchev–Trinajstić information content (AvgIpc) is 3.22. The molecule has 0 unspecified atom stereocenters. The Kier molecular flexibility index (Phi) is 3.82. The van der Waals surface area contributed by atoms with Crippen LogP contribution in [0.2, 0.25) is 0 Å². The quantitative estimate of drug-likeness (QED) is 0.699. The zero-order valence-electron chi connectivity index (χ0n) is 17.5. The molecule has 3 aliphatic carbocycles. The molecule has 5 atom stereocenters. The minimum absolute atomic E-state index is 0.128. The second kappa shape index (κ2) is 6.14. The Balaban J connectivity index is 1.31. The first-order valence-electron chi connectivity index (χ1n) is 11.6. The fourth-order valence-electron chi connectivity index (χ4n) is 7.68. The number of aromatic nitrogens is 1. The molecular formula is C26H31NO2. The first kappa shape index (κ1) is 18.1. The summed E-state index contributed by atoms with van der Waals surface area (Å²) in [4.78, 5) is 16.6. The number of carbonyl (C=O) groups excluding carboxylic acids is 1. The standard InChI is InChI=1S/C26H31NO2/c1-24-11-10-21-15-20-6-8-22(28)16-25(20)12-13-26(21,29-25)23(24)9-7-19(24)5-4-18-3-2-14-27-17-18/h2-3,10,14-15,17,19,23H,4-9,11-13,16H2,1H3/t19-,23+,24+,25+,26+/m0/s1. The van der Waals surface area contributed by atoms with Crippen molar-refractivity contribution in [2.45, 2.75) is 82.3 Å². The molecule has 0 amide bonds. The second-order valence-corrected chi connectivity index (χ2v) is 10.5. The maximum Gasteiger partial charge on any atom is 0.136 e. The molecule has 0 aromatic carbocycles. The molecule has 2 saturated carbocycles. The largest absolute Gasteiger partial charge is 0.359 e. The van der Waals surface area contributed by atoms with Crippen LogP contribution in [-0.2, 0) is 16.0 Å². The van der Waals surface area contributed by atoms with Crippen molar-refractivity contribution in [2.75, 3.05) is 0 Å². The molecule has 3 fully saturated rings. The van der Waals surface area contributed by atoms with Crippen LogP contribution in [0, 0.1) is 17.3 Å². The van der Waals surface area contributed by atoms with Crippen molar-refractivity contribution in [3.63, 3.8) is 0 Å². The van der Waals surface area contributed by atoms with Gasteiger partial charge in [-0.1, -0.05) is 25.1 Å². The molecule has 152 valence electrons. The number of hydrogen-bond acceptors (Lipinski definition) is 3. The van der Waals surface area contributed by atoms with Gasteiger partial charge in [0.1, 0.15) is 5.78 Å². The summed E-state index contributed by atoms with van der Waals surface area (Å²) >= 11 is 0. The Bertz CT molecular complexity index is 918. The minimum Gasteiger partial charge on any atom is -0.359 e. The highest BCUT2D eigenvalue weighted by molar-refractivity contribution is 5.82. The van der Waals surface area contributed by atoms with Gasteiger partial charge in [0, 0.05) is 25.2 Å². The summed E-state index contributed by atoms with van der Waals surface area (Å²) in [6.07, 6.45) is 19.3. The Labute approximate surface area is 173 Å². The number of allylic oxidation sites excluding steroid dienone is 1. The molecule has 1 aromatic heterocycles. The van der Waals surface area contributed by atoms with E-state index in [2.05, 4.69) is 30.1 Å². The van der Waals surface area contributed by atoms with Crippen molar-refractivity contribution < 1.29 is 9.53 Å². The van der Waals surface area contributed by atoms with E-state index in [1.807, 2.05) is 18.5 Å². The predicted molar refractivity (Wildman–Crippen MR) is 112 cm³/mol. The highest BCUT2D eigenvalue weighted by atomic mass is 16.5. The summed E-state index contributed by atoms with van der Waals surface area (Å²) in [5.41, 5.74) is 4.13. The van der Waals surface area contributed by atoms with Gasteiger partial charge in [-0.3, -0.25) is 9.78 Å².